The van der Waals surface area contributed by atoms with Gasteiger partial charge in [-0.15, -0.1) is 11.6 Å². The van der Waals surface area contributed by atoms with Crippen LogP contribution in [0.25, 0.3) is 5.57 Å². The molecule has 2 atom stereocenters. The number of carbonyl (C=O) groups excluding carboxylic acids is 2. The SMILES string of the molecule is O=C(NCCCCCOCCCCCCCl)c1c(F)c(F)c(C(=O)[O-])c(C2=C3C=CC(=[N+]4CCC4)C=C3P(=O)(P)c3cc(N4CCC4)ccc32)c1F. The van der Waals surface area contributed by atoms with Gasteiger partial charge in [0.2, 0.25) is 5.71 Å². The zero-order valence-corrected chi connectivity index (χ0v) is 31.8. The van der Waals surface area contributed by atoms with Crippen LogP contribution in [0.2, 0.25) is 0 Å². The molecular formula is C38H43ClF3N3O5P2. The summed E-state index contributed by atoms with van der Waals surface area (Å²) in [6.07, 6.45) is 13.0. The average molecular weight is 776 g/mol. The molecular weight excluding hydrogens is 733 g/mol. The van der Waals surface area contributed by atoms with Gasteiger partial charge in [-0.25, -0.2) is 17.7 Å². The van der Waals surface area contributed by atoms with Gasteiger partial charge >= 0.3 is 0 Å². The Balaban J connectivity index is 1.33. The minimum Gasteiger partial charge on any atom is -0.545 e. The van der Waals surface area contributed by atoms with Crippen molar-refractivity contribution in [2.75, 3.05) is 56.7 Å². The summed E-state index contributed by atoms with van der Waals surface area (Å²) in [5.74, 6) is -8.09. The monoisotopic (exact) mass is 775 g/mol. The molecule has 2 unspecified atom stereocenters. The molecule has 2 saturated heterocycles. The van der Waals surface area contributed by atoms with Gasteiger partial charge in [-0.1, -0.05) is 27.8 Å². The molecule has 0 spiro atoms. The molecule has 1 amide bonds. The van der Waals surface area contributed by atoms with Gasteiger partial charge in [-0.05, 0) is 67.9 Å². The molecule has 0 radical (unpaired) electrons. The minimum atomic E-state index is -3.48. The number of nitrogens with zero attached hydrogens (tertiary/aromatic N) is 2. The van der Waals surface area contributed by atoms with Gasteiger partial charge in [0, 0.05) is 83.9 Å². The molecule has 52 heavy (non-hydrogen) atoms. The van der Waals surface area contributed by atoms with Crippen LogP contribution in [0.3, 0.4) is 0 Å². The zero-order chi connectivity index (χ0) is 37.0. The molecule has 3 aliphatic heterocycles. The van der Waals surface area contributed by atoms with E-state index in [9.17, 15) is 19.3 Å². The first-order valence-electron chi connectivity index (χ1n) is 18.0. The third-order valence-electron chi connectivity index (χ3n) is 10.1. The standard InChI is InChI=1S/C38H43ClF3N3O5P2/c39-14-4-1-2-6-20-50-21-7-3-5-15-43-37(46)33-34(40)31(32(38(47)48)35(41)36(33)42)30-26-12-10-24(44-16-8-17-44)22-28(26)52(49,51)29-23-25(11-13-27(29)30)45-18-9-19-45/h10-13,22-23H,1-9,14-21,51H2,(H-,43,46,47,48). The number of carboxylic acid groups (broad SMARTS) is 1. The number of carboxylic acids is 1. The number of fused-ring (bicyclic) bond motifs is 2. The van der Waals surface area contributed by atoms with Crippen LogP contribution >= 0.6 is 27.4 Å². The van der Waals surface area contributed by atoms with E-state index in [1.165, 1.54) is 0 Å². The Labute approximate surface area is 309 Å². The Morgan fingerprint density at radius 1 is 0.942 bits per heavy atom. The van der Waals surface area contributed by atoms with Crippen LogP contribution in [0.1, 0.15) is 89.6 Å². The predicted molar refractivity (Wildman–Crippen MR) is 200 cm³/mol. The van der Waals surface area contributed by atoms with Crippen LogP contribution in [-0.4, -0.2) is 74.0 Å². The Morgan fingerprint density at radius 2 is 1.63 bits per heavy atom. The lowest BCUT2D eigenvalue weighted by molar-refractivity contribution is -0.582. The second-order valence-electron chi connectivity index (χ2n) is 13.5. The number of alkyl halides is 1. The molecule has 8 nitrogen and oxygen atoms in total. The summed E-state index contributed by atoms with van der Waals surface area (Å²) in [6, 6.07) is 5.09. The van der Waals surface area contributed by atoms with Crippen molar-refractivity contribution in [2.45, 2.75) is 57.8 Å². The van der Waals surface area contributed by atoms with Gasteiger partial charge in [0.25, 0.3) is 5.91 Å². The summed E-state index contributed by atoms with van der Waals surface area (Å²) >= 11 is 5.69. The smallest absolute Gasteiger partial charge is 0.257 e. The van der Waals surface area contributed by atoms with Gasteiger partial charge in [0.1, 0.15) is 24.5 Å². The van der Waals surface area contributed by atoms with E-state index in [1.54, 1.807) is 36.4 Å². The van der Waals surface area contributed by atoms with Crippen molar-refractivity contribution in [3.8, 4) is 0 Å². The van der Waals surface area contributed by atoms with E-state index >= 15 is 13.2 Å². The molecule has 0 aromatic heterocycles. The van der Waals surface area contributed by atoms with Crippen molar-refractivity contribution in [2.24, 2.45) is 0 Å². The highest BCUT2D eigenvalue weighted by Crippen LogP contribution is 2.68. The third kappa shape index (κ3) is 7.70. The topological polar surface area (TPSA) is 102 Å². The van der Waals surface area contributed by atoms with Crippen molar-refractivity contribution in [3.63, 3.8) is 0 Å². The number of anilines is 1. The number of benzene rings is 2. The number of allylic oxidation sites excluding steroid dienone is 5. The molecule has 1 N–H and O–H groups in total. The van der Waals surface area contributed by atoms with Crippen molar-refractivity contribution in [1.82, 2.24) is 5.32 Å². The lowest BCUT2D eigenvalue weighted by Crippen LogP contribution is -2.37. The minimum absolute atomic E-state index is 0.0480. The van der Waals surface area contributed by atoms with Crippen LogP contribution in [0.4, 0.5) is 18.9 Å². The lowest BCUT2D eigenvalue weighted by Gasteiger charge is -2.36. The van der Waals surface area contributed by atoms with Gasteiger partial charge in [0.05, 0.1) is 12.4 Å². The van der Waals surface area contributed by atoms with Crippen LogP contribution in [-0.2, 0) is 9.30 Å². The Morgan fingerprint density at radius 3 is 2.27 bits per heavy atom. The molecule has 6 rings (SSSR count). The van der Waals surface area contributed by atoms with E-state index in [0.29, 0.717) is 42.6 Å². The number of nitrogens with one attached hydrogen (secondary N) is 1. The summed E-state index contributed by atoms with van der Waals surface area (Å²) in [5.41, 5.74) is -1.56. The highest BCUT2D eigenvalue weighted by molar-refractivity contribution is 8.24. The van der Waals surface area contributed by atoms with Gasteiger partial charge in [-0.2, -0.15) is 0 Å². The molecule has 278 valence electrons. The maximum atomic E-state index is 16.8. The maximum absolute atomic E-state index is 16.8. The molecule has 1 aliphatic carbocycles. The van der Waals surface area contributed by atoms with E-state index in [0.717, 1.165) is 82.5 Å². The second-order valence-corrected chi connectivity index (χ2v) is 18.3. The summed E-state index contributed by atoms with van der Waals surface area (Å²) in [5, 5.41) is 15.6. The fourth-order valence-corrected chi connectivity index (χ4v) is 10.4. The van der Waals surface area contributed by atoms with Gasteiger partial charge < -0.3 is 29.4 Å². The van der Waals surface area contributed by atoms with E-state index in [4.69, 9.17) is 16.3 Å². The first-order valence-corrected chi connectivity index (χ1v) is 21.8. The fraction of sp³-hybridized carbons (Fsp3) is 0.447. The normalized spacial score (nSPS) is 19.2. The third-order valence-corrected chi connectivity index (χ3v) is 14.2. The molecule has 2 aromatic rings. The van der Waals surface area contributed by atoms with Gasteiger partial charge in [0.15, 0.2) is 18.5 Å². The number of rotatable bonds is 16. The number of halogens is 4. The maximum Gasteiger partial charge on any atom is 0.257 e. The number of hydrogen-bond donors (Lipinski definition) is 1. The molecule has 14 heteroatoms. The van der Waals surface area contributed by atoms with E-state index < -0.39 is 52.8 Å². The summed E-state index contributed by atoms with van der Waals surface area (Å²) < 4.78 is 70.8. The number of hydrogen-bond acceptors (Lipinski definition) is 6. The van der Waals surface area contributed by atoms with Crippen molar-refractivity contribution < 1.29 is 41.7 Å². The summed E-state index contributed by atoms with van der Waals surface area (Å²) in [7, 11) is 2.45. The Kier molecular flexibility index (Phi) is 12.5. The molecule has 4 aliphatic rings. The molecule has 2 fully saturated rings. The number of aromatic carboxylic acids is 1. The highest BCUT2D eigenvalue weighted by atomic mass is 35.5. The predicted octanol–water partition coefficient (Wildman–Crippen LogP) is 6.30. The molecule has 0 bridgehead atoms. The number of unbranched alkanes of at least 4 members (excludes halogenated alkanes) is 5. The second kappa shape index (κ2) is 16.8. The summed E-state index contributed by atoms with van der Waals surface area (Å²) in [6.45, 7) is 0.926. The quantitative estimate of drug-likeness (QED) is 0.0707. The number of amides is 1. The lowest BCUT2D eigenvalue weighted by atomic mass is 9.85. The average Bonchev–Trinajstić information content (AvgIpc) is 3.06. The Bertz CT molecular complexity index is 1940. The van der Waals surface area contributed by atoms with Crippen LogP contribution < -0.4 is 20.6 Å². The Hall–Kier alpha value is -3.23. The summed E-state index contributed by atoms with van der Waals surface area (Å²) in [4.78, 5) is 27.9. The molecule has 2 aromatic carbocycles. The number of ether oxygens (including phenoxy) is 1. The largest absolute Gasteiger partial charge is 0.545 e. The molecule has 3 heterocycles. The van der Waals surface area contributed by atoms with Crippen molar-refractivity contribution >= 4 is 61.5 Å². The van der Waals surface area contributed by atoms with E-state index in [1.807, 2.05) is 0 Å². The molecule has 0 saturated carbocycles. The fourth-order valence-electron chi connectivity index (χ4n) is 6.94. The first-order chi connectivity index (χ1) is 25.1. The van der Waals surface area contributed by atoms with Crippen LogP contribution in [0.15, 0.2) is 47.3 Å². The van der Waals surface area contributed by atoms with Crippen molar-refractivity contribution in [3.05, 3.63) is 87.0 Å². The highest BCUT2D eigenvalue weighted by Gasteiger charge is 2.42. The van der Waals surface area contributed by atoms with Crippen LogP contribution in [0, 0.1) is 17.5 Å². The first kappa shape index (κ1) is 38.5. The van der Waals surface area contributed by atoms with E-state index in [2.05, 4.69) is 23.7 Å². The van der Waals surface area contributed by atoms with Gasteiger partial charge in [-0.3, -0.25) is 4.79 Å². The van der Waals surface area contributed by atoms with Crippen LogP contribution in [0.5, 0.6) is 0 Å². The van der Waals surface area contributed by atoms with Crippen molar-refractivity contribution in [1.29, 1.82) is 0 Å². The number of carbonyl (C=O) groups is 2. The zero-order valence-electron chi connectivity index (χ0n) is 29.0. The van der Waals surface area contributed by atoms with E-state index in [-0.39, 0.29) is 23.3 Å².